The summed E-state index contributed by atoms with van der Waals surface area (Å²) >= 11 is 0. The number of amides is 1. The minimum atomic E-state index is -4.53. The van der Waals surface area contributed by atoms with Crippen molar-refractivity contribution in [1.29, 1.82) is 0 Å². The number of pyridine rings is 1. The van der Waals surface area contributed by atoms with Gasteiger partial charge in [0.1, 0.15) is 0 Å². The summed E-state index contributed by atoms with van der Waals surface area (Å²) in [6.45, 7) is 4.13. The van der Waals surface area contributed by atoms with Gasteiger partial charge in [-0.3, -0.25) is 19.1 Å². The first-order chi connectivity index (χ1) is 16.1. The Balaban J connectivity index is 1.52. The molecule has 34 heavy (non-hydrogen) atoms. The van der Waals surface area contributed by atoms with E-state index in [0.717, 1.165) is 22.5 Å². The molecule has 1 aliphatic heterocycles. The summed E-state index contributed by atoms with van der Waals surface area (Å²) in [5.74, 6) is -0.138. The zero-order chi connectivity index (χ0) is 24.4. The molecule has 10 heteroatoms. The molecule has 0 N–H and O–H groups in total. The molecule has 1 aliphatic rings. The van der Waals surface area contributed by atoms with E-state index >= 15 is 0 Å². The van der Waals surface area contributed by atoms with Crippen LogP contribution in [0.25, 0.3) is 22.3 Å². The molecule has 5 rings (SSSR count). The average molecular weight is 468 g/mol. The molecule has 0 spiro atoms. The summed E-state index contributed by atoms with van der Waals surface area (Å²) in [5, 5.41) is 9.14. The predicted molar refractivity (Wildman–Crippen MR) is 120 cm³/mol. The highest BCUT2D eigenvalue weighted by atomic mass is 19.4. The van der Waals surface area contributed by atoms with Crippen molar-refractivity contribution in [2.24, 2.45) is 14.1 Å². The Morgan fingerprint density at radius 1 is 1.09 bits per heavy atom. The smallest absolute Gasteiger partial charge is 0.330 e. The van der Waals surface area contributed by atoms with Crippen LogP contribution in [0.1, 0.15) is 46.0 Å². The third kappa shape index (κ3) is 3.44. The molecular formula is C24H23F3N6O. The number of alkyl halides is 3. The Kier molecular flexibility index (Phi) is 5.00. The van der Waals surface area contributed by atoms with Crippen LogP contribution in [0.5, 0.6) is 0 Å². The molecule has 1 aromatic carbocycles. The summed E-state index contributed by atoms with van der Waals surface area (Å²) in [7, 11) is 3.19. The van der Waals surface area contributed by atoms with Crippen LogP contribution in [0, 0.1) is 6.92 Å². The van der Waals surface area contributed by atoms with Crippen LogP contribution in [-0.4, -0.2) is 41.9 Å². The van der Waals surface area contributed by atoms with Gasteiger partial charge in [0.2, 0.25) is 0 Å². The van der Waals surface area contributed by atoms with E-state index < -0.39 is 11.9 Å². The van der Waals surface area contributed by atoms with Crippen LogP contribution >= 0.6 is 0 Å². The standard InChI is InChI=1S/C24H23F3N6O/c1-13-17(11-15-7-5-6-8-18(15)28-13)23(34)33-10-9-16-21(14(33)2)30-32(4)22(16)19-12-20(24(25,26)27)29-31(19)3/h5-8,11-12,14H,9-10H2,1-4H3. The maximum atomic E-state index is 13.5. The molecule has 0 saturated heterocycles. The van der Waals surface area contributed by atoms with E-state index in [4.69, 9.17) is 0 Å². The number of fused-ring (bicyclic) bond motifs is 2. The Morgan fingerprint density at radius 3 is 2.53 bits per heavy atom. The summed E-state index contributed by atoms with van der Waals surface area (Å²) in [6, 6.07) is 10.2. The van der Waals surface area contributed by atoms with E-state index in [1.807, 2.05) is 44.2 Å². The van der Waals surface area contributed by atoms with Crippen molar-refractivity contribution in [3.63, 3.8) is 0 Å². The number of hydrogen-bond acceptors (Lipinski definition) is 4. The number of halogens is 3. The molecule has 1 unspecified atom stereocenters. The van der Waals surface area contributed by atoms with Gasteiger partial charge < -0.3 is 4.90 Å². The van der Waals surface area contributed by atoms with Crippen molar-refractivity contribution in [3.8, 4) is 11.4 Å². The Bertz CT molecular complexity index is 1430. The monoisotopic (exact) mass is 468 g/mol. The molecule has 7 nitrogen and oxygen atoms in total. The molecule has 1 atom stereocenters. The van der Waals surface area contributed by atoms with Gasteiger partial charge in [-0.2, -0.15) is 23.4 Å². The topological polar surface area (TPSA) is 68.8 Å². The number of carbonyl (C=O) groups is 1. The second kappa shape index (κ2) is 7.68. The van der Waals surface area contributed by atoms with Crippen LogP contribution in [0.4, 0.5) is 13.2 Å². The van der Waals surface area contributed by atoms with Crippen molar-refractivity contribution >= 4 is 16.8 Å². The van der Waals surface area contributed by atoms with Crippen LogP contribution in [0.3, 0.4) is 0 Å². The lowest BCUT2D eigenvalue weighted by molar-refractivity contribution is -0.141. The van der Waals surface area contributed by atoms with Gasteiger partial charge in [0.25, 0.3) is 5.91 Å². The number of hydrogen-bond donors (Lipinski definition) is 0. The molecule has 0 saturated carbocycles. The zero-order valence-electron chi connectivity index (χ0n) is 19.2. The van der Waals surface area contributed by atoms with Gasteiger partial charge in [-0.05, 0) is 38.5 Å². The fourth-order valence-corrected chi connectivity index (χ4v) is 4.75. The largest absolute Gasteiger partial charge is 0.435 e. The number of aryl methyl sites for hydroxylation is 3. The first kappa shape index (κ1) is 22.1. The number of para-hydroxylation sites is 1. The minimum absolute atomic E-state index is 0.138. The summed E-state index contributed by atoms with van der Waals surface area (Å²) in [5.41, 5.74) is 3.51. The molecule has 0 radical (unpaired) electrons. The lowest BCUT2D eigenvalue weighted by atomic mass is 9.96. The maximum Gasteiger partial charge on any atom is 0.435 e. The maximum absolute atomic E-state index is 13.5. The van der Waals surface area contributed by atoms with E-state index in [1.165, 1.54) is 11.7 Å². The van der Waals surface area contributed by atoms with Gasteiger partial charge in [0.05, 0.1) is 39.9 Å². The Labute approximate surface area is 193 Å². The second-order valence-electron chi connectivity index (χ2n) is 8.61. The molecule has 0 fully saturated rings. The van der Waals surface area contributed by atoms with Crippen LogP contribution in [0.15, 0.2) is 36.4 Å². The van der Waals surface area contributed by atoms with Crippen molar-refractivity contribution in [1.82, 2.24) is 29.4 Å². The zero-order valence-corrected chi connectivity index (χ0v) is 19.2. The highest BCUT2D eigenvalue weighted by Crippen LogP contribution is 2.38. The van der Waals surface area contributed by atoms with Crippen LogP contribution in [-0.2, 0) is 26.7 Å². The van der Waals surface area contributed by atoms with E-state index in [0.29, 0.717) is 41.3 Å². The van der Waals surface area contributed by atoms with Crippen molar-refractivity contribution in [2.45, 2.75) is 32.5 Å². The lowest BCUT2D eigenvalue weighted by Gasteiger charge is -2.33. The number of rotatable bonds is 2. The Morgan fingerprint density at radius 2 is 1.82 bits per heavy atom. The van der Waals surface area contributed by atoms with Crippen molar-refractivity contribution in [3.05, 3.63) is 64.6 Å². The average Bonchev–Trinajstić information content (AvgIpc) is 3.32. The molecular weight excluding hydrogens is 445 g/mol. The number of nitrogens with zero attached hydrogens (tertiary/aromatic N) is 6. The predicted octanol–water partition coefficient (Wildman–Crippen LogP) is 4.46. The van der Waals surface area contributed by atoms with E-state index in [9.17, 15) is 18.0 Å². The lowest BCUT2D eigenvalue weighted by Crippen LogP contribution is -2.39. The number of carbonyl (C=O) groups excluding carboxylic acids is 1. The van der Waals surface area contributed by atoms with Crippen LogP contribution in [0.2, 0.25) is 0 Å². The molecule has 1 amide bonds. The minimum Gasteiger partial charge on any atom is -0.330 e. The quantitative estimate of drug-likeness (QED) is 0.436. The number of benzene rings is 1. The summed E-state index contributed by atoms with van der Waals surface area (Å²) < 4.78 is 42.4. The van der Waals surface area contributed by atoms with Gasteiger partial charge in [-0.15, -0.1) is 0 Å². The number of aromatic nitrogens is 5. The second-order valence-corrected chi connectivity index (χ2v) is 8.61. The molecule has 0 bridgehead atoms. The first-order valence-electron chi connectivity index (χ1n) is 10.9. The molecule has 0 aliphatic carbocycles. The normalized spacial score (nSPS) is 16.2. The molecule has 176 valence electrons. The summed E-state index contributed by atoms with van der Waals surface area (Å²) in [4.78, 5) is 19.9. The summed E-state index contributed by atoms with van der Waals surface area (Å²) in [6.07, 6.45) is -4.06. The van der Waals surface area contributed by atoms with Crippen molar-refractivity contribution in [2.75, 3.05) is 6.54 Å². The van der Waals surface area contributed by atoms with Gasteiger partial charge >= 0.3 is 6.18 Å². The SMILES string of the molecule is Cc1nc2ccccc2cc1C(=O)N1CCc2c(nn(C)c2-c2cc(C(F)(F)F)nn2C)C1C. The highest BCUT2D eigenvalue weighted by molar-refractivity contribution is 5.99. The molecule has 4 aromatic rings. The van der Waals surface area contributed by atoms with Gasteiger partial charge in [0, 0.05) is 31.6 Å². The van der Waals surface area contributed by atoms with E-state index in [2.05, 4.69) is 15.2 Å². The van der Waals surface area contributed by atoms with Gasteiger partial charge in [-0.25, -0.2) is 0 Å². The van der Waals surface area contributed by atoms with Gasteiger partial charge in [-0.1, -0.05) is 18.2 Å². The third-order valence-corrected chi connectivity index (χ3v) is 6.46. The third-order valence-electron chi connectivity index (χ3n) is 6.46. The van der Waals surface area contributed by atoms with E-state index in [-0.39, 0.29) is 11.9 Å². The fraction of sp³-hybridized carbons (Fsp3) is 0.333. The molecule has 4 heterocycles. The van der Waals surface area contributed by atoms with Gasteiger partial charge in [0.15, 0.2) is 5.69 Å². The van der Waals surface area contributed by atoms with Crippen LogP contribution < -0.4 is 0 Å². The first-order valence-corrected chi connectivity index (χ1v) is 10.9. The fourth-order valence-electron chi connectivity index (χ4n) is 4.75. The molecule has 3 aromatic heterocycles. The Hall–Kier alpha value is -3.69. The highest BCUT2D eigenvalue weighted by Gasteiger charge is 2.38. The van der Waals surface area contributed by atoms with E-state index in [1.54, 1.807) is 16.6 Å². The van der Waals surface area contributed by atoms with Crippen molar-refractivity contribution < 1.29 is 18.0 Å².